The number of nitrogens with zero attached hydrogens (tertiary/aromatic N) is 3. The summed E-state index contributed by atoms with van der Waals surface area (Å²) in [5.74, 6) is -0.101. The summed E-state index contributed by atoms with van der Waals surface area (Å²) in [5.41, 5.74) is 6.89. The van der Waals surface area contributed by atoms with E-state index in [-0.39, 0.29) is 30.6 Å². The van der Waals surface area contributed by atoms with E-state index in [2.05, 4.69) is 47.1 Å². The molecule has 1 N–H and O–H groups in total. The number of carbonyl (C=O) groups excluding carboxylic acids is 2. The van der Waals surface area contributed by atoms with Gasteiger partial charge in [-0.05, 0) is 68.7 Å². The van der Waals surface area contributed by atoms with E-state index < -0.39 is 0 Å². The third-order valence-corrected chi connectivity index (χ3v) is 7.24. The first-order valence-corrected chi connectivity index (χ1v) is 12.8. The molecular formula is C31H30N4O2. The van der Waals surface area contributed by atoms with Crippen molar-refractivity contribution >= 4 is 23.3 Å². The summed E-state index contributed by atoms with van der Waals surface area (Å²) >= 11 is 0. The lowest BCUT2D eigenvalue weighted by Crippen LogP contribution is -2.48. The van der Waals surface area contributed by atoms with Gasteiger partial charge in [0, 0.05) is 17.9 Å². The summed E-state index contributed by atoms with van der Waals surface area (Å²) in [5, 5.41) is 2.99. The fourth-order valence-corrected chi connectivity index (χ4v) is 5.13. The van der Waals surface area contributed by atoms with Crippen LogP contribution in [0.1, 0.15) is 41.3 Å². The third-order valence-electron chi connectivity index (χ3n) is 7.24. The Labute approximate surface area is 217 Å². The number of anilines is 2. The molecule has 3 aromatic carbocycles. The van der Waals surface area contributed by atoms with Gasteiger partial charge in [0.1, 0.15) is 12.6 Å². The minimum absolute atomic E-state index is 0.0137. The number of aromatic nitrogens is 1. The Balaban J connectivity index is 1.35. The zero-order chi connectivity index (χ0) is 25.5. The molecule has 186 valence electrons. The molecule has 6 rings (SSSR count). The van der Waals surface area contributed by atoms with Gasteiger partial charge in [-0.1, -0.05) is 59.7 Å². The summed E-state index contributed by atoms with van der Waals surface area (Å²) in [6, 6.07) is 27.7. The van der Waals surface area contributed by atoms with Gasteiger partial charge in [-0.3, -0.25) is 9.69 Å². The van der Waals surface area contributed by atoms with E-state index in [9.17, 15) is 9.59 Å². The van der Waals surface area contributed by atoms with Crippen molar-refractivity contribution in [1.29, 1.82) is 0 Å². The summed E-state index contributed by atoms with van der Waals surface area (Å²) in [6.45, 7) is 4.09. The molecule has 0 bridgehead atoms. The fraction of sp³-hybridized carbons (Fsp3) is 0.226. The molecule has 6 heteroatoms. The van der Waals surface area contributed by atoms with Crippen LogP contribution in [0.5, 0.6) is 0 Å². The molecule has 1 aromatic heterocycles. The minimum Gasteiger partial charge on any atom is -0.316 e. The summed E-state index contributed by atoms with van der Waals surface area (Å²) in [6.07, 6.45) is 3.87. The molecule has 37 heavy (non-hydrogen) atoms. The molecule has 2 aliphatic rings. The molecule has 3 amide bonds. The van der Waals surface area contributed by atoms with Crippen LogP contribution < -0.4 is 10.2 Å². The Morgan fingerprint density at radius 2 is 1.49 bits per heavy atom. The van der Waals surface area contributed by atoms with Gasteiger partial charge in [-0.25, -0.2) is 4.79 Å². The first kappa shape index (κ1) is 23.1. The molecular weight excluding hydrogens is 460 g/mol. The lowest BCUT2D eigenvalue weighted by Gasteiger charge is -2.39. The number of hydrogen-bond donors (Lipinski definition) is 1. The van der Waals surface area contributed by atoms with Crippen molar-refractivity contribution in [3.8, 4) is 5.69 Å². The second kappa shape index (κ2) is 9.28. The number of aryl methyl sites for hydroxylation is 2. The van der Waals surface area contributed by atoms with Crippen molar-refractivity contribution in [2.45, 2.75) is 38.8 Å². The molecule has 2 heterocycles. The van der Waals surface area contributed by atoms with Crippen LogP contribution in [0.2, 0.25) is 0 Å². The highest BCUT2D eigenvalue weighted by Crippen LogP contribution is 2.42. The van der Waals surface area contributed by atoms with Crippen molar-refractivity contribution < 1.29 is 9.59 Å². The molecule has 0 spiro atoms. The monoisotopic (exact) mass is 490 g/mol. The maximum absolute atomic E-state index is 14.2. The number of benzene rings is 3. The Bertz CT molecular complexity index is 1450. The van der Waals surface area contributed by atoms with Crippen LogP contribution in [-0.2, 0) is 4.79 Å². The lowest BCUT2D eigenvalue weighted by atomic mass is 9.97. The van der Waals surface area contributed by atoms with Gasteiger partial charge in [0.15, 0.2) is 0 Å². The molecule has 4 aromatic rings. The van der Waals surface area contributed by atoms with Gasteiger partial charge in [-0.2, -0.15) is 0 Å². The van der Waals surface area contributed by atoms with Crippen LogP contribution >= 0.6 is 0 Å². The standard InChI is InChI=1S/C31H30N4O2/c1-21-9-13-23(14-10-21)30-28-8-5-19-33(28)26-6-3-4-7-27(26)35(30)29(36)20-34(25-17-18-25)31(37)32-24-15-11-22(2)12-16-24/h3-16,19,25,30H,17-18,20H2,1-2H3,(H,32,37). The molecule has 1 atom stereocenters. The number of fused-ring (bicyclic) bond motifs is 3. The number of hydrogen-bond acceptors (Lipinski definition) is 2. The Morgan fingerprint density at radius 3 is 2.16 bits per heavy atom. The van der Waals surface area contributed by atoms with Crippen LogP contribution in [-0.4, -0.2) is 34.0 Å². The van der Waals surface area contributed by atoms with Crippen molar-refractivity contribution in [1.82, 2.24) is 9.47 Å². The predicted octanol–water partition coefficient (Wildman–Crippen LogP) is 6.23. The Morgan fingerprint density at radius 1 is 0.838 bits per heavy atom. The minimum atomic E-state index is -0.292. The average Bonchev–Trinajstić information content (AvgIpc) is 3.63. The van der Waals surface area contributed by atoms with Crippen molar-refractivity contribution in [3.63, 3.8) is 0 Å². The number of carbonyl (C=O) groups is 2. The SMILES string of the molecule is Cc1ccc(NC(=O)N(CC(=O)N2c3ccccc3-n3cccc3C2c2ccc(C)cc2)C2CC2)cc1. The van der Waals surface area contributed by atoms with Crippen LogP contribution in [0.25, 0.3) is 5.69 Å². The second-order valence-corrected chi connectivity index (χ2v) is 10.0. The average molecular weight is 491 g/mol. The lowest BCUT2D eigenvalue weighted by molar-refractivity contribution is -0.119. The molecule has 0 saturated heterocycles. The van der Waals surface area contributed by atoms with E-state index in [0.29, 0.717) is 0 Å². The Hall–Kier alpha value is -4.32. The normalized spacial score (nSPS) is 16.1. The first-order chi connectivity index (χ1) is 18.0. The highest BCUT2D eigenvalue weighted by Gasteiger charge is 2.40. The van der Waals surface area contributed by atoms with E-state index in [1.54, 1.807) is 4.90 Å². The quantitative estimate of drug-likeness (QED) is 0.361. The number of urea groups is 1. The van der Waals surface area contributed by atoms with E-state index in [1.165, 1.54) is 5.56 Å². The van der Waals surface area contributed by atoms with Gasteiger partial charge < -0.3 is 14.8 Å². The van der Waals surface area contributed by atoms with Gasteiger partial charge in [0.25, 0.3) is 0 Å². The van der Waals surface area contributed by atoms with Crippen LogP contribution in [0.3, 0.4) is 0 Å². The van der Waals surface area contributed by atoms with E-state index in [1.807, 2.05) is 72.6 Å². The van der Waals surface area contributed by atoms with Crippen LogP contribution in [0.15, 0.2) is 91.1 Å². The molecule has 1 fully saturated rings. The Kier molecular flexibility index (Phi) is 5.80. The summed E-state index contributed by atoms with van der Waals surface area (Å²) in [4.78, 5) is 31.1. The number of amides is 3. The molecule has 1 aliphatic heterocycles. The fourth-order valence-electron chi connectivity index (χ4n) is 5.13. The van der Waals surface area contributed by atoms with Crippen LogP contribution in [0.4, 0.5) is 16.2 Å². The van der Waals surface area contributed by atoms with Gasteiger partial charge in [-0.15, -0.1) is 0 Å². The molecule has 1 aliphatic carbocycles. The van der Waals surface area contributed by atoms with Crippen molar-refractivity contribution in [2.75, 3.05) is 16.8 Å². The zero-order valence-corrected chi connectivity index (χ0v) is 21.1. The van der Waals surface area contributed by atoms with E-state index >= 15 is 0 Å². The van der Waals surface area contributed by atoms with E-state index in [4.69, 9.17) is 0 Å². The molecule has 0 radical (unpaired) electrons. The highest BCUT2D eigenvalue weighted by molar-refractivity contribution is 6.01. The molecule has 1 saturated carbocycles. The molecule has 6 nitrogen and oxygen atoms in total. The summed E-state index contributed by atoms with van der Waals surface area (Å²) < 4.78 is 2.16. The topological polar surface area (TPSA) is 57.6 Å². The van der Waals surface area contributed by atoms with Crippen LogP contribution in [0, 0.1) is 13.8 Å². The van der Waals surface area contributed by atoms with Crippen molar-refractivity contribution in [2.24, 2.45) is 0 Å². The second-order valence-electron chi connectivity index (χ2n) is 10.0. The highest BCUT2D eigenvalue weighted by atomic mass is 16.2. The van der Waals surface area contributed by atoms with E-state index in [0.717, 1.165) is 46.7 Å². The smallest absolute Gasteiger partial charge is 0.316 e. The van der Waals surface area contributed by atoms with Gasteiger partial charge in [0.2, 0.25) is 5.91 Å². The van der Waals surface area contributed by atoms with Crippen molar-refractivity contribution in [3.05, 3.63) is 114 Å². The zero-order valence-electron chi connectivity index (χ0n) is 21.1. The number of nitrogens with one attached hydrogen (secondary N) is 1. The molecule has 1 unspecified atom stereocenters. The predicted molar refractivity (Wildman–Crippen MR) is 146 cm³/mol. The largest absolute Gasteiger partial charge is 0.322 e. The first-order valence-electron chi connectivity index (χ1n) is 12.8. The third kappa shape index (κ3) is 4.40. The number of rotatable bonds is 5. The summed E-state index contributed by atoms with van der Waals surface area (Å²) in [7, 11) is 0. The number of para-hydroxylation sites is 2. The maximum atomic E-state index is 14.2. The van der Waals surface area contributed by atoms with Gasteiger partial charge >= 0.3 is 6.03 Å². The maximum Gasteiger partial charge on any atom is 0.322 e. The van der Waals surface area contributed by atoms with Gasteiger partial charge in [0.05, 0.1) is 17.1 Å².